The number of likely N-dealkylation sites (tertiary alicyclic amines) is 1. The van der Waals surface area contributed by atoms with Crippen molar-refractivity contribution in [1.82, 2.24) is 4.90 Å². The summed E-state index contributed by atoms with van der Waals surface area (Å²) in [6, 6.07) is 6.29. The standard InChI is InChI=1S/C19H25NO2/c1-3-14-7-9-20(10-8-14)19(21)12-16-13-22-18-11-15(4-2)5-6-17(16)18/h5-6,11,13-14H,3-4,7-10,12H2,1-2H3. The molecule has 0 N–H and O–H groups in total. The zero-order chi connectivity index (χ0) is 15.5. The van der Waals surface area contributed by atoms with Crippen LogP contribution in [0, 0.1) is 5.92 Å². The molecule has 2 aromatic rings. The number of carbonyl (C=O) groups is 1. The van der Waals surface area contributed by atoms with E-state index in [1.165, 1.54) is 12.0 Å². The van der Waals surface area contributed by atoms with E-state index in [0.29, 0.717) is 6.42 Å². The molecule has 1 aliphatic rings. The SMILES string of the molecule is CCc1ccc2c(CC(=O)N3CCC(CC)CC3)coc2c1. The van der Waals surface area contributed by atoms with Crippen LogP contribution in [0.25, 0.3) is 11.0 Å². The number of amides is 1. The average molecular weight is 299 g/mol. The fourth-order valence-corrected chi connectivity index (χ4v) is 3.35. The highest BCUT2D eigenvalue weighted by Gasteiger charge is 2.22. The van der Waals surface area contributed by atoms with Crippen molar-refractivity contribution < 1.29 is 9.21 Å². The van der Waals surface area contributed by atoms with Crippen molar-refractivity contribution in [3.8, 4) is 0 Å². The Bertz CT molecular complexity index is 650. The number of benzene rings is 1. The van der Waals surface area contributed by atoms with E-state index in [4.69, 9.17) is 4.42 Å². The molecule has 118 valence electrons. The van der Waals surface area contributed by atoms with Crippen LogP contribution in [0.15, 0.2) is 28.9 Å². The number of hydrogen-bond acceptors (Lipinski definition) is 2. The van der Waals surface area contributed by atoms with Gasteiger partial charge in [-0.1, -0.05) is 32.4 Å². The Morgan fingerprint density at radius 3 is 2.73 bits per heavy atom. The maximum absolute atomic E-state index is 12.5. The van der Waals surface area contributed by atoms with Gasteiger partial charge in [0.1, 0.15) is 5.58 Å². The number of aryl methyl sites for hydroxylation is 1. The molecular weight excluding hydrogens is 274 g/mol. The van der Waals surface area contributed by atoms with Gasteiger partial charge >= 0.3 is 0 Å². The summed E-state index contributed by atoms with van der Waals surface area (Å²) in [7, 11) is 0. The summed E-state index contributed by atoms with van der Waals surface area (Å²) in [5, 5.41) is 1.08. The van der Waals surface area contributed by atoms with Gasteiger partial charge < -0.3 is 9.32 Å². The molecule has 0 spiro atoms. The second-order valence-corrected chi connectivity index (χ2v) is 6.35. The van der Waals surface area contributed by atoms with Crippen LogP contribution in [0.3, 0.4) is 0 Å². The van der Waals surface area contributed by atoms with Crippen LogP contribution in [0.2, 0.25) is 0 Å². The molecule has 3 nitrogen and oxygen atoms in total. The van der Waals surface area contributed by atoms with E-state index in [9.17, 15) is 4.79 Å². The Kier molecular flexibility index (Phi) is 4.51. The number of nitrogens with zero attached hydrogens (tertiary/aromatic N) is 1. The minimum atomic E-state index is 0.233. The van der Waals surface area contributed by atoms with Crippen LogP contribution in [0.4, 0.5) is 0 Å². The number of carbonyl (C=O) groups excluding carboxylic acids is 1. The van der Waals surface area contributed by atoms with E-state index < -0.39 is 0 Å². The molecule has 1 aromatic heterocycles. The summed E-state index contributed by atoms with van der Waals surface area (Å²) >= 11 is 0. The predicted octanol–water partition coefficient (Wildman–Crippen LogP) is 4.19. The van der Waals surface area contributed by atoms with E-state index >= 15 is 0 Å². The first kappa shape index (κ1) is 15.1. The highest BCUT2D eigenvalue weighted by molar-refractivity contribution is 5.88. The van der Waals surface area contributed by atoms with Gasteiger partial charge in [-0.25, -0.2) is 0 Å². The number of fused-ring (bicyclic) bond motifs is 1. The first-order chi connectivity index (χ1) is 10.7. The molecule has 2 heterocycles. The third-order valence-electron chi connectivity index (χ3n) is 5.01. The van der Waals surface area contributed by atoms with Gasteiger partial charge in [-0.2, -0.15) is 0 Å². The number of piperidine rings is 1. The summed E-state index contributed by atoms with van der Waals surface area (Å²) in [4.78, 5) is 14.5. The van der Waals surface area contributed by atoms with Gasteiger partial charge in [0.25, 0.3) is 0 Å². The Morgan fingerprint density at radius 2 is 2.05 bits per heavy atom. The van der Waals surface area contributed by atoms with Crippen molar-refractivity contribution in [1.29, 1.82) is 0 Å². The van der Waals surface area contributed by atoms with Crippen molar-refractivity contribution in [2.75, 3.05) is 13.1 Å². The van der Waals surface area contributed by atoms with Gasteiger partial charge in [-0.15, -0.1) is 0 Å². The lowest BCUT2D eigenvalue weighted by atomic mass is 9.94. The number of furan rings is 1. The first-order valence-electron chi connectivity index (χ1n) is 8.48. The molecule has 22 heavy (non-hydrogen) atoms. The minimum absolute atomic E-state index is 0.233. The van der Waals surface area contributed by atoms with Crippen LogP contribution < -0.4 is 0 Å². The van der Waals surface area contributed by atoms with E-state index in [0.717, 1.165) is 54.8 Å². The van der Waals surface area contributed by atoms with Gasteiger partial charge in [0.15, 0.2) is 0 Å². The van der Waals surface area contributed by atoms with Crippen molar-refractivity contribution in [3.63, 3.8) is 0 Å². The van der Waals surface area contributed by atoms with Crippen LogP contribution in [0.1, 0.15) is 44.2 Å². The zero-order valence-corrected chi connectivity index (χ0v) is 13.6. The summed E-state index contributed by atoms with van der Waals surface area (Å²) in [5.41, 5.74) is 3.17. The summed E-state index contributed by atoms with van der Waals surface area (Å²) in [6.45, 7) is 6.19. The monoisotopic (exact) mass is 299 g/mol. The minimum Gasteiger partial charge on any atom is -0.464 e. The zero-order valence-electron chi connectivity index (χ0n) is 13.6. The number of rotatable bonds is 4. The molecule has 0 radical (unpaired) electrons. The lowest BCUT2D eigenvalue weighted by molar-refractivity contribution is -0.131. The van der Waals surface area contributed by atoms with Crippen molar-refractivity contribution in [2.45, 2.75) is 46.0 Å². The van der Waals surface area contributed by atoms with Gasteiger partial charge in [0.05, 0.1) is 12.7 Å². The second-order valence-electron chi connectivity index (χ2n) is 6.35. The lowest BCUT2D eigenvalue weighted by Gasteiger charge is -2.31. The summed E-state index contributed by atoms with van der Waals surface area (Å²) in [6.07, 6.45) is 6.73. The van der Waals surface area contributed by atoms with Crippen molar-refractivity contribution >= 4 is 16.9 Å². The van der Waals surface area contributed by atoms with E-state index in [1.807, 2.05) is 4.90 Å². The molecule has 1 fully saturated rings. The molecule has 0 bridgehead atoms. The molecule has 0 saturated carbocycles. The largest absolute Gasteiger partial charge is 0.464 e. The third kappa shape index (κ3) is 3.03. The maximum atomic E-state index is 12.5. The number of hydrogen-bond donors (Lipinski definition) is 0. The molecule has 1 aromatic carbocycles. The van der Waals surface area contributed by atoms with Crippen LogP contribution >= 0.6 is 0 Å². The lowest BCUT2D eigenvalue weighted by Crippen LogP contribution is -2.39. The molecule has 1 aliphatic heterocycles. The molecule has 3 rings (SSSR count). The molecular formula is C19H25NO2. The third-order valence-corrected chi connectivity index (χ3v) is 5.01. The molecule has 0 aliphatic carbocycles. The van der Waals surface area contributed by atoms with Crippen LogP contribution in [-0.2, 0) is 17.6 Å². The molecule has 0 atom stereocenters. The molecule has 1 amide bonds. The van der Waals surface area contributed by atoms with Gasteiger partial charge in [-0.05, 0) is 36.8 Å². The highest BCUT2D eigenvalue weighted by Crippen LogP contribution is 2.25. The topological polar surface area (TPSA) is 33.5 Å². The van der Waals surface area contributed by atoms with Crippen LogP contribution in [0.5, 0.6) is 0 Å². The molecule has 1 saturated heterocycles. The fourth-order valence-electron chi connectivity index (χ4n) is 3.35. The first-order valence-corrected chi connectivity index (χ1v) is 8.48. The van der Waals surface area contributed by atoms with E-state index in [1.54, 1.807) is 6.26 Å². The van der Waals surface area contributed by atoms with Crippen molar-refractivity contribution in [3.05, 3.63) is 35.6 Å². The summed E-state index contributed by atoms with van der Waals surface area (Å²) in [5.74, 6) is 1.03. The Hall–Kier alpha value is -1.77. The Balaban J connectivity index is 1.69. The van der Waals surface area contributed by atoms with Crippen molar-refractivity contribution in [2.24, 2.45) is 5.92 Å². The Morgan fingerprint density at radius 1 is 1.27 bits per heavy atom. The normalized spacial score (nSPS) is 16.4. The van der Waals surface area contributed by atoms with Gasteiger partial charge in [0, 0.05) is 24.0 Å². The quantitative estimate of drug-likeness (QED) is 0.848. The smallest absolute Gasteiger partial charge is 0.227 e. The van der Waals surface area contributed by atoms with E-state index in [-0.39, 0.29) is 5.91 Å². The summed E-state index contributed by atoms with van der Waals surface area (Å²) < 4.78 is 5.64. The maximum Gasteiger partial charge on any atom is 0.227 e. The van der Waals surface area contributed by atoms with Gasteiger partial charge in [-0.3, -0.25) is 4.79 Å². The molecule has 0 unspecified atom stereocenters. The van der Waals surface area contributed by atoms with E-state index in [2.05, 4.69) is 32.0 Å². The second kappa shape index (κ2) is 6.55. The van der Waals surface area contributed by atoms with Crippen LogP contribution in [-0.4, -0.2) is 23.9 Å². The highest BCUT2D eigenvalue weighted by atomic mass is 16.3. The average Bonchev–Trinajstić information content (AvgIpc) is 2.97. The van der Waals surface area contributed by atoms with Gasteiger partial charge in [0.2, 0.25) is 5.91 Å². The predicted molar refractivity (Wildman–Crippen MR) is 88.9 cm³/mol. The fraction of sp³-hybridized carbons (Fsp3) is 0.526. The Labute approximate surface area is 132 Å². The molecule has 3 heteroatoms.